The smallest absolute Gasteiger partial charge is 0.210 e. The Balaban J connectivity index is 3.96. The summed E-state index contributed by atoms with van der Waals surface area (Å²) < 4.78 is 0. The third-order valence-corrected chi connectivity index (χ3v) is 1.12. The first-order valence-corrected chi connectivity index (χ1v) is 2.95. The van der Waals surface area contributed by atoms with Crippen LogP contribution in [-0.4, -0.2) is 17.9 Å². The number of ketones is 2. The predicted molar refractivity (Wildman–Crippen MR) is 35.2 cm³/mol. The Bertz CT molecular complexity index is 160. The molecule has 0 aromatic carbocycles. The molecule has 0 aliphatic carbocycles. The Morgan fingerprint density at radius 1 is 1.40 bits per heavy atom. The summed E-state index contributed by atoms with van der Waals surface area (Å²) >= 11 is 0. The topological polar surface area (TPSA) is 51.2 Å². The second-order valence-electron chi connectivity index (χ2n) is 2.19. The van der Waals surface area contributed by atoms with E-state index in [1.54, 1.807) is 0 Å². The average Bonchev–Trinajstić information content (AvgIpc) is 1.81. The molecule has 0 N–H and O–H groups in total. The van der Waals surface area contributed by atoms with Crippen LogP contribution in [0.2, 0.25) is 0 Å². The first-order chi connectivity index (χ1) is 4.57. The van der Waals surface area contributed by atoms with Gasteiger partial charge < -0.3 is 0 Å². The van der Waals surface area contributed by atoms with Crippen molar-refractivity contribution in [1.82, 2.24) is 0 Å². The molecule has 0 bridgehead atoms. The minimum Gasteiger partial charge on any atom is -0.300 e. The molecule has 3 nitrogen and oxygen atoms in total. The molecule has 1 unspecified atom stereocenters. The van der Waals surface area contributed by atoms with Gasteiger partial charge in [-0.15, -0.1) is 0 Å². The Hall–Kier alpha value is -0.990. The molecular weight excluding hydrogens is 132 g/mol. The quantitative estimate of drug-likeness (QED) is 0.528. The molecular formula is C7H9O3. The lowest BCUT2D eigenvalue weighted by atomic mass is 10.0. The second kappa shape index (κ2) is 3.93. The molecule has 55 valence electrons. The number of hydrogen-bond donors (Lipinski definition) is 0. The van der Waals surface area contributed by atoms with E-state index < -0.39 is 5.92 Å². The van der Waals surface area contributed by atoms with Gasteiger partial charge in [0.05, 0.1) is 5.92 Å². The van der Waals surface area contributed by atoms with Gasteiger partial charge >= 0.3 is 0 Å². The summed E-state index contributed by atoms with van der Waals surface area (Å²) in [5.74, 6) is -1.31. The summed E-state index contributed by atoms with van der Waals surface area (Å²) in [5, 5.41) is 0. The molecule has 0 heterocycles. The van der Waals surface area contributed by atoms with Crippen LogP contribution in [0.25, 0.3) is 0 Å². The van der Waals surface area contributed by atoms with Crippen LogP contribution in [0.5, 0.6) is 0 Å². The molecule has 0 aromatic heterocycles. The van der Waals surface area contributed by atoms with Gasteiger partial charge in [-0.05, 0) is 13.8 Å². The van der Waals surface area contributed by atoms with Crippen molar-refractivity contribution in [3.63, 3.8) is 0 Å². The van der Waals surface area contributed by atoms with Gasteiger partial charge in [0, 0.05) is 6.42 Å². The lowest BCUT2D eigenvalue weighted by Gasteiger charge is -1.99. The molecule has 0 amide bonds. The summed E-state index contributed by atoms with van der Waals surface area (Å²) in [7, 11) is 0. The standard InChI is InChI=1S/C7H9O3/c1-5(9)3-7(4-8)6(2)10/h7H,3H2,1-2H3. The lowest BCUT2D eigenvalue weighted by molar-refractivity contribution is -0.123. The fraction of sp³-hybridized carbons (Fsp3) is 0.571. The van der Waals surface area contributed by atoms with Crippen LogP contribution in [0, 0.1) is 5.92 Å². The molecule has 0 aliphatic rings. The fourth-order valence-electron chi connectivity index (χ4n) is 0.556. The highest BCUT2D eigenvalue weighted by Gasteiger charge is 2.15. The van der Waals surface area contributed by atoms with Gasteiger partial charge in [-0.25, -0.2) is 0 Å². The van der Waals surface area contributed by atoms with Crippen LogP contribution in [0.3, 0.4) is 0 Å². The molecule has 0 saturated heterocycles. The first-order valence-electron chi connectivity index (χ1n) is 2.95. The maximum atomic E-state index is 10.5. The molecule has 10 heavy (non-hydrogen) atoms. The molecule has 0 aliphatic heterocycles. The molecule has 1 atom stereocenters. The highest BCUT2D eigenvalue weighted by atomic mass is 16.1. The van der Waals surface area contributed by atoms with Crippen LogP contribution in [-0.2, 0) is 14.4 Å². The molecule has 0 aromatic rings. The number of hydrogen-bond acceptors (Lipinski definition) is 3. The minimum atomic E-state index is -0.850. The van der Waals surface area contributed by atoms with E-state index in [0.717, 1.165) is 0 Å². The van der Waals surface area contributed by atoms with Crippen LogP contribution in [0.15, 0.2) is 0 Å². The van der Waals surface area contributed by atoms with E-state index in [4.69, 9.17) is 0 Å². The monoisotopic (exact) mass is 141 g/mol. The molecule has 0 spiro atoms. The van der Waals surface area contributed by atoms with Gasteiger partial charge in [0.25, 0.3) is 0 Å². The van der Waals surface area contributed by atoms with E-state index in [1.807, 2.05) is 0 Å². The van der Waals surface area contributed by atoms with Crippen molar-refractivity contribution < 1.29 is 14.4 Å². The van der Waals surface area contributed by atoms with Crippen molar-refractivity contribution in [2.24, 2.45) is 5.92 Å². The Morgan fingerprint density at radius 3 is 2.00 bits per heavy atom. The average molecular weight is 141 g/mol. The van der Waals surface area contributed by atoms with Crippen molar-refractivity contribution in [2.45, 2.75) is 20.3 Å². The molecule has 3 heteroatoms. The number of rotatable bonds is 4. The second-order valence-corrected chi connectivity index (χ2v) is 2.19. The summed E-state index contributed by atoms with van der Waals surface area (Å²) in [6.07, 6.45) is 1.50. The highest BCUT2D eigenvalue weighted by Crippen LogP contribution is 2.00. The summed E-state index contributed by atoms with van der Waals surface area (Å²) in [4.78, 5) is 30.9. The van der Waals surface area contributed by atoms with E-state index in [1.165, 1.54) is 20.1 Å². The molecule has 1 radical (unpaired) electrons. The third-order valence-electron chi connectivity index (χ3n) is 1.12. The van der Waals surface area contributed by atoms with Gasteiger partial charge in [0.2, 0.25) is 6.29 Å². The minimum absolute atomic E-state index is 0.0150. The van der Waals surface area contributed by atoms with Gasteiger partial charge in [-0.2, -0.15) is 0 Å². The summed E-state index contributed by atoms with van der Waals surface area (Å²) in [6.45, 7) is 2.62. The van der Waals surface area contributed by atoms with E-state index in [-0.39, 0.29) is 18.0 Å². The molecule has 0 fully saturated rings. The van der Waals surface area contributed by atoms with Crippen molar-refractivity contribution in [2.75, 3.05) is 0 Å². The molecule has 0 saturated carbocycles. The lowest BCUT2D eigenvalue weighted by Crippen LogP contribution is -2.15. The maximum Gasteiger partial charge on any atom is 0.210 e. The Kier molecular flexibility index (Phi) is 3.54. The summed E-state index contributed by atoms with van der Waals surface area (Å²) in [5.41, 5.74) is 0. The van der Waals surface area contributed by atoms with Crippen molar-refractivity contribution >= 4 is 17.9 Å². The number of carbonyl (C=O) groups excluding carboxylic acids is 3. The number of carbonyl (C=O) groups is 2. The zero-order valence-electron chi connectivity index (χ0n) is 6.01. The van der Waals surface area contributed by atoms with Crippen LogP contribution in [0.1, 0.15) is 20.3 Å². The molecule has 0 rings (SSSR count). The van der Waals surface area contributed by atoms with Gasteiger partial charge in [-0.3, -0.25) is 14.4 Å². The highest BCUT2D eigenvalue weighted by molar-refractivity contribution is 5.96. The SMILES string of the molecule is CC(=O)CC([C]=O)C(C)=O. The Labute approximate surface area is 59.4 Å². The fourth-order valence-corrected chi connectivity index (χ4v) is 0.556. The Morgan fingerprint density at radius 2 is 1.90 bits per heavy atom. The zero-order valence-corrected chi connectivity index (χ0v) is 6.01. The van der Waals surface area contributed by atoms with Gasteiger partial charge in [0.1, 0.15) is 11.6 Å². The normalized spacial score (nSPS) is 12.2. The van der Waals surface area contributed by atoms with Crippen molar-refractivity contribution in [3.05, 3.63) is 0 Å². The zero-order chi connectivity index (χ0) is 8.15. The van der Waals surface area contributed by atoms with Gasteiger partial charge in [0.15, 0.2) is 0 Å². The van der Waals surface area contributed by atoms with Crippen LogP contribution < -0.4 is 0 Å². The van der Waals surface area contributed by atoms with E-state index in [0.29, 0.717) is 0 Å². The number of Topliss-reactive ketones (excluding diaryl/α,β-unsaturated/α-hetero) is 2. The van der Waals surface area contributed by atoms with Crippen molar-refractivity contribution in [3.8, 4) is 0 Å². The van der Waals surface area contributed by atoms with Crippen molar-refractivity contribution in [1.29, 1.82) is 0 Å². The van der Waals surface area contributed by atoms with E-state index in [2.05, 4.69) is 0 Å². The first kappa shape index (κ1) is 9.01. The van der Waals surface area contributed by atoms with Gasteiger partial charge in [-0.1, -0.05) is 0 Å². The van der Waals surface area contributed by atoms with E-state index in [9.17, 15) is 14.4 Å². The maximum absolute atomic E-state index is 10.5. The van der Waals surface area contributed by atoms with E-state index >= 15 is 0 Å². The van der Waals surface area contributed by atoms with Crippen LogP contribution >= 0.6 is 0 Å². The summed E-state index contributed by atoms with van der Waals surface area (Å²) in [6, 6.07) is 0. The predicted octanol–water partition coefficient (Wildman–Crippen LogP) is 0.280. The van der Waals surface area contributed by atoms with Crippen LogP contribution in [0.4, 0.5) is 0 Å². The third kappa shape index (κ3) is 3.12. The largest absolute Gasteiger partial charge is 0.300 e.